The maximum Gasteiger partial charge on any atom is 0.254 e. The Bertz CT molecular complexity index is 645. The van der Waals surface area contributed by atoms with Crippen molar-refractivity contribution in [3.05, 3.63) is 27.7 Å². The highest BCUT2D eigenvalue weighted by atomic mass is 35.5. The number of nitrogens with two attached hydrogens (primary N) is 1. The Morgan fingerprint density at radius 2 is 1.90 bits per heavy atom. The number of halogens is 2. The monoisotopic (exact) mass is 352 g/mol. The zero-order valence-corrected chi connectivity index (χ0v) is 14.3. The molecule has 0 aliphatic carbocycles. The van der Waals surface area contributed by atoms with Crippen molar-refractivity contribution in [2.45, 2.75) is 38.1 Å². The van der Waals surface area contributed by atoms with E-state index in [0.717, 1.165) is 6.42 Å². The number of carbonyl (C=O) groups excluding carboxylic acids is 1. The lowest BCUT2D eigenvalue weighted by molar-refractivity contribution is 0.0924. The summed E-state index contributed by atoms with van der Waals surface area (Å²) in [5.74, 6) is -0.297. The maximum atomic E-state index is 12.3. The summed E-state index contributed by atoms with van der Waals surface area (Å²) in [7, 11) is -4.03. The molecule has 0 heterocycles. The van der Waals surface area contributed by atoms with Gasteiger partial charge in [-0.3, -0.25) is 4.79 Å². The number of nitrogens with one attached hydrogen (secondary N) is 1. The second kappa shape index (κ2) is 6.96. The average molecular weight is 353 g/mol. The summed E-state index contributed by atoms with van der Waals surface area (Å²) in [5, 5.41) is 7.67. The molecular formula is C13H18Cl2N2O3S. The highest BCUT2D eigenvalue weighted by molar-refractivity contribution is 7.89. The van der Waals surface area contributed by atoms with Gasteiger partial charge in [-0.05, 0) is 24.5 Å². The van der Waals surface area contributed by atoms with E-state index >= 15 is 0 Å². The fraction of sp³-hybridized carbons (Fsp3) is 0.462. The zero-order chi connectivity index (χ0) is 16.4. The normalized spacial score (nSPS) is 13.3. The van der Waals surface area contributed by atoms with Gasteiger partial charge in [-0.15, -0.1) is 0 Å². The summed E-state index contributed by atoms with van der Waals surface area (Å²) < 4.78 is 22.9. The molecule has 0 aliphatic rings. The number of sulfonamides is 1. The average Bonchev–Trinajstić information content (AvgIpc) is 2.33. The van der Waals surface area contributed by atoms with Gasteiger partial charge < -0.3 is 5.32 Å². The van der Waals surface area contributed by atoms with E-state index < -0.39 is 15.9 Å². The Morgan fingerprint density at radius 1 is 1.33 bits per heavy atom. The molecule has 3 N–H and O–H groups in total. The minimum Gasteiger partial charge on any atom is -0.349 e. The molecule has 0 radical (unpaired) electrons. The van der Waals surface area contributed by atoms with Crippen LogP contribution >= 0.6 is 23.2 Å². The second-order valence-electron chi connectivity index (χ2n) is 5.01. The van der Waals surface area contributed by atoms with E-state index in [1.54, 1.807) is 0 Å². The van der Waals surface area contributed by atoms with Crippen molar-refractivity contribution in [1.29, 1.82) is 0 Å². The molecule has 0 bridgehead atoms. The summed E-state index contributed by atoms with van der Waals surface area (Å²) in [5.41, 5.74) is -0.0797. The topological polar surface area (TPSA) is 89.3 Å². The number of hydrogen-bond donors (Lipinski definition) is 2. The Labute approximate surface area is 134 Å². The molecule has 0 aliphatic heterocycles. The summed E-state index contributed by atoms with van der Waals surface area (Å²) in [6.45, 7) is 5.88. The van der Waals surface area contributed by atoms with Crippen molar-refractivity contribution in [3.63, 3.8) is 0 Å². The second-order valence-corrected chi connectivity index (χ2v) is 7.33. The Balaban J connectivity index is 3.27. The van der Waals surface area contributed by atoms with Crippen LogP contribution in [-0.4, -0.2) is 20.4 Å². The maximum absolute atomic E-state index is 12.3. The highest BCUT2D eigenvalue weighted by Gasteiger charge is 2.24. The molecule has 5 nitrogen and oxygen atoms in total. The third kappa shape index (κ3) is 4.32. The first-order valence-electron chi connectivity index (χ1n) is 6.41. The quantitative estimate of drug-likeness (QED) is 0.853. The molecule has 1 rings (SSSR count). The summed E-state index contributed by atoms with van der Waals surface area (Å²) in [6.07, 6.45) is 0.730. The standard InChI is InChI=1S/C13H18Cl2N2O3S/c1-4-9(7(2)3)17-13(18)11-8(14)5-6-10(12(11)15)21(16,19)20/h5-7,9H,4H2,1-3H3,(H,17,18)(H2,16,19,20). The number of primary sulfonamides is 1. The number of carbonyl (C=O) groups is 1. The van der Waals surface area contributed by atoms with Gasteiger partial charge in [-0.2, -0.15) is 0 Å². The van der Waals surface area contributed by atoms with Crippen LogP contribution in [0.2, 0.25) is 10.0 Å². The fourth-order valence-corrected chi connectivity index (χ4v) is 3.42. The van der Waals surface area contributed by atoms with Crippen LogP contribution in [0.3, 0.4) is 0 Å². The Kier molecular flexibility index (Phi) is 6.04. The van der Waals surface area contributed by atoms with Gasteiger partial charge in [0.1, 0.15) is 4.90 Å². The third-order valence-electron chi connectivity index (χ3n) is 3.15. The lowest BCUT2D eigenvalue weighted by atomic mass is 10.0. The molecule has 0 spiro atoms. The van der Waals surface area contributed by atoms with Crippen molar-refractivity contribution in [2.75, 3.05) is 0 Å². The van der Waals surface area contributed by atoms with Crippen LogP contribution in [-0.2, 0) is 10.0 Å². The minimum absolute atomic E-state index is 0.0669. The third-order valence-corrected chi connectivity index (χ3v) is 4.92. The Morgan fingerprint density at radius 3 is 2.33 bits per heavy atom. The van der Waals surface area contributed by atoms with Gasteiger partial charge >= 0.3 is 0 Å². The van der Waals surface area contributed by atoms with Gasteiger partial charge in [0.25, 0.3) is 5.91 Å². The van der Waals surface area contributed by atoms with Crippen LogP contribution in [0.25, 0.3) is 0 Å². The van der Waals surface area contributed by atoms with Gasteiger partial charge in [-0.25, -0.2) is 13.6 Å². The predicted molar refractivity (Wildman–Crippen MR) is 84.2 cm³/mol. The summed E-state index contributed by atoms with van der Waals surface area (Å²) >= 11 is 12.0. The molecule has 118 valence electrons. The van der Waals surface area contributed by atoms with E-state index in [2.05, 4.69) is 5.32 Å². The van der Waals surface area contributed by atoms with E-state index in [4.69, 9.17) is 28.3 Å². The molecule has 1 atom stereocenters. The van der Waals surface area contributed by atoms with Crippen LogP contribution in [0, 0.1) is 5.92 Å². The van der Waals surface area contributed by atoms with Gasteiger partial charge in [0, 0.05) is 6.04 Å². The Hall–Kier alpha value is -0.820. The van der Waals surface area contributed by atoms with Crippen molar-refractivity contribution in [2.24, 2.45) is 11.1 Å². The SMILES string of the molecule is CCC(NC(=O)c1c(Cl)ccc(S(N)(=O)=O)c1Cl)C(C)C. The first-order valence-corrected chi connectivity index (χ1v) is 8.71. The molecule has 1 aromatic rings. The summed E-state index contributed by atoms with van der Waals surface area (Å²) in [4.78, 5) is 12.0. The largest absolute Gasteiger partial charge is 0.349 e. The van der Waals surface area contributed by atoms with Crippen molar-refractivity contribution >= 4 is 39.1 Å². The molecule has 0 fully saturated rings. The van der Waals surface area contributed by atoms with E-state index in [9.17, 15) is 13.2 Å². The van der Waals surface area contributed by atoms with E-state index in [1.807, 2.05) is 20.8 Å². The van der Waals surface area contributed by atoms with E-state index in [-0.39, 0.29) is 32.5 Å². The van der Waals surface area contributed by atoms with Crippen molar-refractivity contribution < 1.29 is 13.2 Å². The van der Waals surface area contributed by atoms with Crippen LogP contribution < -0.4 is 10.5 Å². The van der Waals surface area contributed by atoms with E-state index in [0.29, 0.717) is 0 Å². The van der Waals surface area contributed by atoms with Gasteiger partial charge in [-0.1, -0.05) is 44.0 Å². The highest BCUT2D eigenvalue weighted by Crippen LogP contribution is 2.30. The smallest absolute Gasteiger partial charge is 0.254 e. The lowest BCUT2D eigenvalue weighted by Gasteiger charge is -2.21. The van der Waals surface area contributed by atoms with Crippen molar-refractivity contribution in [3.8, 4) is 0 Å². The first-order chi connectivity index (χ1) is 9.59. The van der Waals surface area contributed by atoms with Crippen LogP contribution in [0.1, 0.15) is 37.6 Å². The molecule has 0 saturated carbocycles. The molecule has 1 aromatic carbocycles. The minimum atomic E-state index is -4.03. The molecule has 8 heteroatoms. The molecule has 1 unspecified atom stereocenters. The number of hydrogen-bond acceptors (Lipinski definition) is 3. The molecule has 0 aromatic heterocycles. The van der Waals surface area contributed by atoms with Crippen LogP contribution in [0.15, 0.2) is 17.0 Å². The zero-order valence-electron chi connectivity index (χ0n) is 12.0. The summed E-state index contributed by atoms with van der Waals surface area (Å²) in [6, 6.07) is 2.40. The molecule has 21 heavy (non-hydrogen) atoms. The molecular weight excluding hydrogens is 335 g/mol. The fourth-order valence-electron chi connectivity index (χ4n) is 1.94. The number of benzene rings is 1. The number of rotatable bonds is 5. The van der Waals surface area contributed by atoms with Gasteiger partial charge in [0.2, 0.25) is 10.0 Å². The van der Waals surface area contributed by atoms with Gasteiger partial charge in [0.05, 0.1) is 15.6 Å². The number of amides is 1. The van der Waals surface area contributed by atoms with Gasteiger partial charge in [0.15, 0.2) is 0 Å². The van der Waals surface area contributed by atoms with Crippen LogP contribution in [0.5, 0.6) is 0 Å². The van der Waals surface area contributed by atoms with Crippen molar-refractivity contribution in [1.82, 2.24) is 5.32 Å². The van der Waals surface area contributed by atoms with Crippen LogP contribution in [0.4, 0.5) is 0 Å². The predicted octanol–water partition coefficient (Wildman–Crippen LogP) is 2.81. The molecule has 0 saturated heterocycles. The van der Waals surface area contributed by atoms with E-state index in [1.165, 1.54) is 12.1 Å². The first kappa shape index (κ1) is 18.2. The molecule has 1 amide bonds. The lowest BCUT2D eigenvalue weighted by Crippen LogP contribution is -2.38.